The average Bonchev–Trinajstić information content (AvgIpc) is 2.57. The molecule has 2 aliphatic rings. The summed E-state index contributed by atoms with van der Waals surface area (Å²) in [6.45, 7) is 3.17. The van der Waals surface area contributed by atoms with Crippen LogP contribution in [0.3, 0.4) is 0 Å². The zero-order valence-electron chi connectivity index (χ0n) is 15.3. The molecule has 0 aromatic rings. The monoisotopic (exact) mass is 482 g/mol. The van der Waals surface area contributed by atoms with Crippen LogP contribution in [-0.4, -0.2) is 59.9 Å². The predicted molar refractivity (Wildman–Crippen MR) is 115 cm³/mol. The number of likely N-dealkylation sites (tertiary alicyclic amines) is 1. The molecule has 1 heterocycles. The lowest BCUT2D eigenvalue weighted by Gasteiger charge is -2.30. The van der Waals surface area contributed by atoms with Gasteiger partial charge in [-0.05, 0) is 31.4 Å². The topological polar surface area (TPSA) is 73.8 Å². The first-order chi connectivity index (χ1) is 11.6. The van der Waals surface area contributed by atoms with Gasteiger partial charge in [-0.25, -0.2) is 0 Å². The van der Waals surface area contributed by atoms with Crippen molar-refractivity contribution in [2.75, 3.05) is 25.9 Å². The smallest absolute Gasteiger partial charge is 0.229 e. The average molecular weight is 482 g/mol. The van der Waals surface area contributed by atoms with Crippen molar-refractivity contribution < 1.29 is 9.59 Å². The summed E-state index contributed by atoms with van der Waals surface area (Å²) in [5.41, 5.74) is 0. The van der Waals surface area contributed by atoms with Crippen LogP contribution in [0.2, 0.25) is 0 Å². The summed E-state index contributed by atoms with van der Waals surface area (Å²) in [4.78, 5) is 29.2. The first-order valence-electron chi connectivity index (χ1n) is 9.06. The van der Waals surface area contributed by atoms with E-state index in [0.29, 0.717) is 38.4 Å². The second-order valence-corrected chi connectivity index (χ2v) is 7.95. The largest absolute Gasteiger partial charge is 0.355 e. The first-order valence-corrected chi connectivity index (χ1v) is 10.1. The maximum absolute atomic E-state index is 11.8. The molecule has 2 unspecified atom stereocenters. The van der Waals surface area contributed by atoms with Crippen molar-refractivity contribution in [1.29, 1.82) is 0 Å². The van der Waals surface area contributed by atoms with E-state index in [1.165, 1.54) is 36.3 Å². The number of aliphatic imine (C=N–C) groups is 1. The Balaban J connectivity index is 0.00000312. The maximum atomic E-state index is 11.8. The Morgan fingerprint density at radius 2 is 1.96 bits per heavy atom. The van der Waals surface area contributed by atoms with Gasteiger partial charge in [0.25, 0.3) is 0 Å². The SMILES string of the molecule is CCSC1CCCC(NC(=NC)NCCN2C(=O)CCCC2=O)C1.I. The van der Waals surface area contributed by atoms with Crippen molar-refractivity contribution in [2.45, 2.75) is 63.2 Å². The van der Waals surface area contributed by atoms with Crippen molar-refractivity contribution in [1.82, 2.24) is 15.5 Å². The molecule has 1 saturated heterocycles. The number of guanidine groups is 1. The number of imide groups is 1. The van der Waals surface area contributed by atoms with Crippen LogP contribution >= 0.6 is 35.7 Å². The van der Waals surface area contributed by atoms with Gasteiger partial charge >= 0.3 is 0 Å². The number of thioether (sulfide) groups is 1. The molecule has 0 spiro atoms. The van der Waals surface area contributed by atoms with E-state index in [9.17, 15) is 9.59 Å². The Morgan fingerprint density at radius 3 is 2.60 bits per heavy atom. The Kier molecular flexibility index (Phi) is 10.8. The second kappa shape index (κ2) is 12.0. The van der Waals surface area contributed by atoms with E-state index in [0.717, 1.165) is 11.2 Å². The Morgan fingerprint density at radius 1 is 1.24 bits per heavy atom. The van der Waals surface area contributed by atoms with Gasteiger partial charge in [0.2, 0.25) is 11.8 Å². The molecule has 1 aliphatic carbocycles. The van der Waals surface area contributed by atoms with Gasteiger partial charge in [0.15, 0.2) is 5.96 Å². The summed E-state index contributed by atoms with van der Waals surface area (Å²) in [5, 5.41) is 7.47. The van der Waals surface area contributed by atoms with E-state index in [1.54, 1.807) is 7.05 Å². The molecule has 0 bridgehead atoms. The van der Waals surface area contributed by atoms with Crippen LogP contribution in [-0.2, 0) is 9.59 Å². The van der Waals surface area contributed by atoms with Gasteiger partial charge in [-0.3, -0.25) is 19.5 Å². The lowest BCUT2D eigenvalue weighted by molar-refractivity contribution is -0.147. The minimum atomic E-state index is -0.0530. The number of hydrogen-bond acceptors (Lipinski definition) is 4. The summed E-state index contributed by atoms with van der Waals surface area (Å²) < 4.78 is 0. The lowest BCUT2D eigenvalue weighted by Crippen LogP contribution is -2.49. The van der Waals surface area contributed by atoms with Crippen molar-refractivity contribution in [2.24, 2.45) is 4.99 Å². The molecule has 2 amide bonds. The van der Waals surface area contributed by atoms with Gasteiger partial charge in [-0.1, -0.05) is 13.3 Å². The molecular weight excluding hydrogens is 451 g/mol. The number of halogens is 1. The van der Waals surface area contributed by atoms with Crippen molar-refractivity contribution in [3.05, 3.63) is 0 Å². The van der Waals surface area contributed by atoms with Crippen molar-refractivity contribution in [3.8, 4) is 0 Å². The third kappa shape index (κ3) is 7.32. The van der Waals surface area contributed by atoms with E-state index in [1.807, 2.05) is 11.8 Å². The zero-order chi connectivity index (χ0) is 17.4. The normalized spacial score (nSPS) is 24.7. The molecule has 2 N–H and O–H groups in total. The highest BCUT2D eigenvalue weighted by Crippen LogP contribution is 2.28. The standard InChI is InChI=1S/C17H30N4O2S.HI/c1-3-24-14-7-4-6-13(12-14)20-17(18-2)19-10-11-21-15(22)8-5-9-16(21)23;/h13-14H,3-12H2,1-2H3,(H2,18,19,20);1H. The van der Waals surface area contributed by atoms with Crippen LogP contribution in [0.15, 0.2) is 4.99 Å². The number of piperidine rings is 1. The molecule has 1 aliphatic heterocycles. The van der Waals surface area contributed by atoms with Crippen LogP contribution in [0.5, 0.6) is 0 Å². The Labute approximate surface area is 172 Å². The summed E-state index contributed by atoms with van der Waals surface area (Å²) in [6, 6.07) is 0.451. The molecule has 0 aromatic heterocycles. The summed E-state index contributed by atoms with van der Waals surface area (Å²) in [7, 11) is 1.76. The van der Waals surface area contributed by atoms with E-state index in [4.69, 9.17) is 0 Å². The highest BCUT2D eigenvalue weighted by atomic mass is 127. The highest BCUT2D eigenvalue weighted by Gasteiger charge is 2.25. The first kappa shape index (κ1) is 22.5. The number of rotatable bonds is 6. The molecule has 2 rings (SSSR count). The molecular formula is C17H31IN4O2S. The third-order valence-electron chi connectivity index (χ3n) is 4.60. The molecule has 25 heavy (non-hydrogen) atoms. The van der Waals surface area contributed by atoms with Gasteiger partial charge in [-0.15, -0.1) is 24.0 Å². The second-order valence-electron chi connectivity index (χ2n) is 6.38. The van der Waals surface area contributed by atoms with Crippen molar-refractivity contribution >= 4 is 53.5 Å². The number of carbonyl (C=O) groups excluding carboxylic acids is 2. The number of hydrogen-bond donors (Lipinski definition) is 2. The van der Waals surface area contributed by atoms with Gasteiger partial charge in [-0.2, -0.15) is 11.8 Å². The quantitative estimate of drug-likeness (QED) is 0.263. The van der Waals surface area contributed by atoms with E-state index >= 15 is 0 Å². The third-order valence-corrected chi connectivity index (χ3v) is 5.84. The number of carbonyl (C=O) groups is 2. The Bertz CT molecular complexity index is 458. The fourth-order valence-corrected chi connectivity index (χ4v) is 4.56. The zero-order valence-corrected chi connectivity index (χ0v) is 18.4. The molecule has 6 nitrogen and oxygen atoms in total. The number of nitrogens with one attached hydrogen (secondary N) is 2. The molecule has 0 radical (unpaired) electrons. The molecule has 2 atom stereocenters. The summed E-state index contributed by atoms with van der Waals surface area (Å²) in [6.07, 6.45) is 6.55. The van der Waals surface area contributed by atoms with Crippen LogP contribution in [0, 0.1) is 0 Å². The predicted octanol–water partition coefficient (Wildman–Crippen LogP) is 2.37. The molecule has 0 aromatic carbocycles. The van der Waals surface area contributed by atoms with Gasteiger partial charge in [0.05, 0.1) is 0 Å². The van der Waals surface area contributed by atoms with E-state index < -0.39 is 0 Å². The Hall–Kier alpha value is -0.510. The summed E-state index contributed by atoms with van der Waals surface area (Å²) >= 11 is 2.05. The minimum absolute atomic E-state index is 0. The number of amides is 2. The molecule has 144 valence electrons. The van der Waals surface area contributed by atoms with Crippen LogP contribution in [0.1, 0.15) is 51.9 Å². The molecule has 2 fully saturated rings. The number of nitrogens with zero attached hydrogens (tertiary/aromatic N) is 2. The highest BCUT2D eigenvalue weighted by molar-refractivity contribution is 14.0. The van der Waals surface area contributed by atoms with Gasteiger partial charge < -0.3 is 10.6 Å². The summed E-state index contributed by atoms with van der Waals surface area (Å²) in [5.74, 6) is 1.83. The van der Waals surface area contributed by atoms with Gasteiger partial charge in [0.1, 0.15) is 0 Å². The van der Waals surface area contributed by atoms with Crippen LogP contribution < -0.4 is 10.6 Å². The fourth-order valence-electron chi connectivity index (χ4n) is 3.39. The van der Waals surface area contributed by atoms with Crippen LogP contribution in [0.4, 0.5) is 0 Å². The molecule has 8 heteroatoms. The minimum Gasteiger partial charge on any atom is -0.355 e. The molecule has 1 saturated carbocycles. The van der Waals surface area contributed by atoms with E-state index in [-0.39, 0.29) is 35.8 Å². The lowest BCUT2D eigenvalue weighted by atomic mass is 9.95. The van der Waals surface area contributed by atoms with Crippen molar-refractivity contribution in [3.63, 3.8) is 0 Å². The van der Waals surface area contributed by atoms with Gasteiger partial charge in [0, 0.05) is 44.3 Å². The maximum Gasteiger partial charge on any atom is 0.229 e. The van der Waals surface area contributed by atoms with E-state index in [2.05, 4.69) is 22.5 Å². The van der Waals surface area contributed by atoms with Crippen LogP contribution in [0.25, 0.3) is 0 Å². The fraction of sp³-hybridized carbons (Fsp3) is 0.824.